The molecule has 162 valence electrons. The molecule has 7 nitrogen and oxygen atoms in total. The molecule has 0 radical (unpaired) electrons. The smallest absolute Gasteiger partial charge is 0.308 e. The number of aromatic nitrogens is 3. The summed E-state index contributed by atoms with van der Waals surface area (Å²) in [5.41, 5.74) is 3.11. The zero-order valence-corrected chi connectivity index (χ0v) is 18.3. The minimum Gasteiger partial charge on any atom is -0.481 e. The third-order valence-electron chi connectivity index (χ3n) is 5.72. The number of carboxylic acids is 1. The molecule has 0 amide bonds. The van der Waals surface area contributed by atoms with Gasteiger partial charge in [0.15, 0.2) is 0 Å². The zero-order chi connectivity index (χ0) is 21.9. The van der Waals surface area contributed by atoms with Gasteiger partial charge in [0.25, 0.3) is 0 Å². The van der Waals surface area contributed by atoms with Crippen LogP contribution in [0.15, 0.2) is 60.1 Å². The number of anilines is 2. The number of fused-ring (bicyclic) bond motifs is 1. The van der Waals surface area contributed by atoms with Gasteiger partial charge in [-0.15, -0.1) is 11.3 Å². The Balaban J connectivity index is 1.56. The number of nitrogens with zero attached hydrogens (tertiary/aromatic N) is 4. The van der Waals surface area contributed by atoms with Crippen molar-refractivity contribution >= 4 is 39.3 Å². The van der Waals surface area contributed by atoms with Crippen LogP contribution in [-0.4, -0.2) is 39.1 Å². The standard InChI is InChI=1S/C24H23N5O2S/c30-23(31)17-9-6-12-29(14-17)24-27-21(26-13-18-10-4-5-11-25-18)20-19(15-32-22(20)28-24)16-7-2-1-3-8-16/h1-5,7-8,10-11,15,17H,6,9,12-14H2,(H,30,31)(H,26,27,28). The van der Waals surface area contributed by atoms with E-state index in [4.69, 9.17) is 9.97 Å². The predicted octanol–water partition coefficient (Wildman–Crippen LogP) is 4.67. The highest BCUT2D eigenvalue weighted by Crippen LogP contribution is 2.38. The van der Waals surface area contributed by atoms with Gasteiger partial charge in [-0.05, 0) is 30.5 Å². The number of carbonyl (C=O) groups is 1. The molecule has 0 bridgehead atoms. The van der Waals surface area contributed by atoms with Gasteiger partial charge in [0, 0.05) is 30.2 Å². The van der Waals surface area contributed by atoms with E-state index in [1.165, 1.54) is 0 Å². The number of aliphatic carboxylic acids is 1. The molecular weight excluding hydrogens is 422 g/mol. The van der Waals surface area contributed by atoms with E-state index < -0.39 is 11.9 Å². The maximum absolute atomic E-state index is 11.5. The van der Waals surface area contributed by atoms with Crippen LogP contribution >= 0.6 is 11.3 Å². The Morgan fingerprint density at radius 1 is 1.16 bits per heavy atom. The second-order valence-electron chi connectivity index (χ2n) is 7.87. The molecule has 4 aromatic rings. The second kappa shape index (κ2) is 8.92. The lowest BCUT2D eigenvalue weighted by Crippen LogP contribution is -2.39. The molecule has 1 aromatic carbocycles. The monoisotopic (exact) mass is 445 g/mol. The first-order chi connectivity index (χ1) is 15.7. The van der Waals surface area contributed by atoms with E-state index in [1.54, 1.807) is 17.5 Å². The van der Waals surface area contributed by atoms with Crippen molar-refractivity contribution in [1.29, 1.82) is 0 Å². The van der Waals surface area contributed by atoms with Crippen molar-refractivity contribution in [2.45, 2.75) is 19.4 Å². The molecule has 1 fully saturated rings. The molecule has 32 heavy (non-hydrogen) atoms. The molecule has 8 heteroatoms. The number of pyridine rings is 1. The fourth-order valence-electron chi connectivity index (χ4n) is 4.07. The first-order valence-electron chi connectivity index (χ1n) is 10.7. The Morgan fingerprint density at radius 2 is 2.00 bits per heavy atom. The second-order valence-corrected chi connectivity index (χ2v) is 8.72. The van der Waals surface area contributed by atoms with Gasteiger partial charge >= 0.3 is 5.97 Å². The lowest BCUT2D eigenvalue weighted by atomic mass is 9.99. The molecule has 2 N–H and O–H groups in total. The summed E-state index contributed by atoms with van der Waals surface area (Å²) in [4.78, 5) is 28.6. The Labute approximate surface area is 189 Å². The van der Waals surface area contributed by atoms with E-state index in [-0.39, 0.29) is 0 Å². The normalized spacial score (nSPS) is 16.2. The highest BCUT2D eigenvalue weighted by atomic mass is 32.1. The summed E-state index contributed by atoms with van der Waals surface area (Å²) in [5.74, 6) is 0.171. The highest BCUT2D eigenvalue weighted by molar-refractivity contribution is 7.17. The summed E-state index contributed by atoms with van der Waals surface area (Å²) in [6.45, 7) is 1.72. The van der Waals surface area contributed by atoms with E-state index in [1.807, 2.05) is 41.3 Å². The van der Waals surface area contributed by atoms with Crippen molar-refractivity contribution in [3.05, 3.63) is 65.8 Å². The van der Waals surface area contributed by atoms with Crippen LogP contribution in [-0.2, 0) is 11.3 Å². The Morgan fingerprint density at radius 3 is 2.78 bits per heavy atom. The number of nitrogens with one attached hydrogen (secondary N) is 1. The summed E-state index contributed by atoms with van der Waals surface area (Å²) >= 11 is 1.58. The van der Waals surface area contributed by atoms with Crippen LogP contribution in [0.3, 0.4) is 0 Å². The van der Waals surface area contributed by atoms with Crippen LogP contribution < -0.4 is 10.2 Å². The molecule has 1 unspecified atom stereocenters. The van der Waals surface area contributed by atoms with E-state index in [0.717, 1.165) is 45.8 Å². The summed E-state index contributed by atoms with van der Waals surface area (Å²) in [5, 5.41) is 16.0. The summed E-state index contributed by atoms with van der Waals surface area (Å²) in [6, 6.07) is 16.0. The van der Waals surface area contributed by atoms with Gasteiger partial charge in [0.05, 0.1) is 23.5 Å². The molecule has 1 aliphatic heterocycles. The van der Waals surface area contributed by atoms with Gasteiger partial charge in [0.2, 0.25) is 5.95 Å². The zero-order valence-electron chi connectivity index (χ0n) is 17.4. The fraction of sp³-hybridized carbons (Fsp3) is 0.250. The van der Waals surface area contributed by atoms with Crippen LogP contribution in [0, 0.1) is 5.92 Å². The molecular formula is C24H23N5O2S. The summed E-state index contributed by atoms with van der Waals surface area (Å²) in [6.07, 6.45) is 3.28. The maximum atomic E-state index is 11.5. The Bertz CT molecular complexity index is 1230. The number of rotatable bonds is 6. The summed E-state index contributed by atoms with van der Waals surface area (Å²) in [7, 11) is 0. The third-order valence-corrected chi connectivity index (χ3v) is 6.60. The van der Waals surface area contributed by atoms with Gasteiger partial charge in [-0.2, -0.15) is 4.98 Å². The predicted molar refractivity (Wildman–Crippen MR) is 127 cm³/mol. The maximum Gasteiger partial charge on any atom is 0.308 e. The molecule has 1 aliphatic rings. The first-order valence-corrected chi connectivity index (χ1v) is 11.5. The van der Waals surface area contributed by atoms with Crippen molar-refractivity contribution in [1.82, 2.24) is 15.0 Å². The van der Waals surface area contributed by atoms with Gasteiger partial charge in [-0.25, -0.2) is 4.98 Å². The van der Waals surface area contributed by atoms with E-state index in [2.05, 4.69) is 27.8 Å². The van der Waals surface area contributed by atoms with Crippen LogP contribution in [0.25, 0.3) is 21.3 Å². The van der Waals surface area contributed by atoms with E-state index >= 15 is 0 Å². The SMILES string of the molecule is O=C(O)C1CCCN(c2nc(NCc3ccccn3)c3c(-c4ccccc4)csc3n2)C1. The molecule has 3 aromatic heterocycles. The number of hydrogen-bond donors (Lipinski definition) is 2. The molecule has 0 aliphatic carbocycles. The average Bonchev–Trinajstić information content (AvgIpc) is 3.28. The average molecular weight is 446 g/mol. The largest absolute Gasteiger partial charge is 0.481 e. The quantitative estimate of drug-likeness (QED) is 0.446. The fourth-order valence-corrected chi connectivity index (χ4v) is 5.01. The van der Waals surface area contributed by atoms with E-state index in [0.29, 0.717) is 25.5 Å². The van der Waals surface area contributed by atoms with Crippen molar-refractivity contribution in [2.24, 2.45) is 5.92 Å². The molecule has 0 spiro atoms. The van der Waals surface area contributed by atoms with Gasteiger partial charge in [-0.1, -0.05) is 36.4 Å². The van der Waals surface area contributed by atoms with Crippen molar-refractivity contribution < 1.29 is 9.90 Å². The number of benzene rings is 1. The van der Waals surface area contributed by atoms with Gasteiger partial charge < -0.3 is 15.3 Å². The van der Waals surface area contributed by atoms with Gasteiger partial charge in [0.1, 0.15) is 10.6 Å². The van der Waals surface area contributed by atoms with Gasteiger partial charge in [-0.3, -0.25) is 9.78 Å². The number of hydrogen-bond acceptors (Lipinski definition) is 7. The number of thiophene rings is 1. The molecule has 4 heterocycles. The van der Waals surface area contributed by atoms with Crippen LogP contribution in [0.2, 0.25) is 0 Å². The topological polar surface area (TPSA) is 91.2 Å². The molecule has 1 saturated heterocycles. The summed E-state index contributed by atoms with van der Waals surface area (Å²) < 4.78 is 0. The van der Waals surface area contributed by atoms with Crippen LogP contribution in [0.5, 0.6) is 0 Å². The first kappa shape index (κ1) is 20.4. The lowest BCUT2D eigenvalue weighted by molar-refractivity contribution is -0.141. The lowest BCUT2D eigenvalue weighted by Gasteiger charge is -2.31. The van der Waals surface area contributed by atoms with Crippen LogP contribution in [0.4, 0.5) is 11.8 Å². The molecule has 5 rings (SSSR count). The van der Waals surface area contributed by atoms with E-state index in [9.17, 15) is 9.90 Å². The highest BCUT2D eigenvalue weighted by Gasteiger charge is 2.28. The minimum atomic E-state index is -0.758. The van der Waals surface area contributed by atoms with Crippen LogP contribution in [0.1, 0.15) is 18.5 Å². The molecule has 1 atom stereocenters. The number of piperidine rings is 1. The van der Waals surface area contributed by atoms with Crippen molar-refractivity contribution in [3.63, 3.8) is 0 Å². The van der Waals surface area contributed by atoms with Crippen molar-refractivity contribution in [3.8, 4) is 11.1 Å². The Hall–Kier alpha value is -3.52. The van der Waals surface area contributed by atoms with Crippen molar-refractivity contribution in [2.75, 3.05) is 23.3 Å². The number of carboxylic acid groups (broad SMARTS) is 1. The minimum absolute atomic E-state index is 0.392. The third kappa shape index (κ3) is 4.13. The molecule has 0 saturated carbocycles. The Kier molecular flexibility index (Phi) is 5.68.